The van der Waals surface area contributed by atoms with Crippen LogP contribution in [-0.4, -0.2) is 57.5 Å². The molecule has 3 N–H and O–H groups in total. The number of para-hydroxylation sites is 1. The summed E-state index contributed by atoms with van der Waals surface area (Å²) in [5.41, 5.74) is 7.18. The number of piperidine rings is 2. The first-order chi connectivity index (χ1) is 16.8. The lowest BCUT2D eigenvalue weighted by atomic mass is 9.97. The third-order valence-electron chi connectivity index (χ3n) is 7.29. The van der Waals surface area contributed by atoms with E-state index in [0.29, 0.717) is 50.2 Å². The predicted molar refractivity (Wildman–Crippen MR) is 144 cm³/mol. The van der Waals surface area contributed by atoms with Gasteiger partial charge in [0, 0.05) is 52.8 Å². The molecule has 0 atom stereocenters. The predicted octanol–water partition coefficient (Wildman–Crippen LogP) is 3.74. The minimum absolute atomic E-state index is 0.0125. The van der Waals surface area contributed by atoms with Crippen molar-refractivity contribution < 1.29 is 4.79 Å². The number of rotatable bonds is 3. The second-order valence-electron chi connectivity index (χ2n) is 9.29. The standard InChI is InChI=1S/C25H27Br2N5O3/c26-19-13-15(14-20(27)22(19)28)23(33)31-11-5-16(6-12-31)30-9-7-17(8-10-30)32-24(34)18-3-1-2-4-21(18)29-25(32)35/h1-4,13-14,16-17H,5-12,28H2,(H,29,35). The van der Waals surface area contributed by atoms with Gasteiger partial charge in [0.1, 0.15) is 0 Å². The van der Waals surface area contributed by atoms with Crippen LogP contribution in [0.15, 0.2) is 54.9 Å². The molecule has 8 nitrogen and oxygen atoms in total. The fourth-order valence-corrected chi connectivity index (χ4v) is 6.53. The number of benzene rings is 2. The lowest BCUT2D eigenvalue weighted by Gasteiger charge is -2.42. The Morgan fingerprint density at radius 1 is 0.914 bits per heavy atom. The highest BCUT2D eigenvalue weighted by Crippen LogP contribution is 2.31. The van der Waals surface area contributed by atoms with E-state index in [-0.39, 0.29) is 23.2 Å². The van der Waals surface area contributed by atoms with Gasteiger partial charge < -0.3 is 20.5 Å². The number of hydrogen-bond donors (Lipinski definition) is 2. The van der Waals surface area contributed by atoms with E-state index in [1.165, 1.54) is 4.57 Å². The monoisotopic (exact) mass is 603 g/mol. The number of H-pyrrole nitrogens is 1. The minimum Gasteiger partial charge on any atom is -0.397 e. The molecule has 184 valence electrons. The SMILES string of the molecule is Nc1c(Br)cc(C(=O)N2CCC(N3CCC(n4c(=O)[nH]c5ccccc5c4=O)CC3)CC2)cc1Br. The Kier molecular flexibility index (Phi) is 6.87. The summed E-state index contributed by atoms with van der Waals surface area (Å²) in [4.78, 5) is 45.9. The average Bonchev–Trinajstić information content (AvgIpc) is 2.87. The van der Waals surface area contributed by atoms with Crippen molar-refractivity contribution in [1.29, 1.82) is 0 Å². The van der Waals surface area contributed by atoms with E-state index in [1.54, 1.807) is 24.3 Å². The topological polar surface area (TPSA) is 104 Å². The molecule has 0 radical (unpaired) electrons. The smallest absolute Gasteiger partial charge is 0.329 e. The maximum absolute atomic E-state index is 13.0. The van der Waals surface area contributed by atoms with Crippen molar-refractivity contribution in [1.82, 2.24) is 19.4 Å². The Bertz CT molecular complexity index is 1360. The number of hydrogen-bond acceptors (Lipinski definition) is 5. The van der Waals surface area contributed by atoms with Gasteiger partial charge in [-0.2, -0.15) is 0 Å². The van der Waals surface area contributed by atoms with Crippen molar-refractivity contribution in [3.05, 3.63) is 71.7 Å². The third-order valence-corrected chi connectivity index (χ3v) is 8.61. The van der Waals surface area contributed by atoms with Gasteiger partial charge in [-0.05, 0) is 81.8 Å². The van der Waals surface area contributed by atoms with E-state index in [4.69, 9.17) is 5.73 Å². The number of carbonyl (C=O) groups excluding carboxylic acids is 1. The van der Waals surface area contributed by atoms with E-state index in [9.17, 15) is 14.4 Å². The van der Waals surface area contributed by atoms with Crippen LogP contribution in [-0.2, 0) is 0 Å². The summed E-state index contributed by atoms with van der Waals surface area (Å²) in [6, 6.07) is 11.0. The Morgan fingerprint density at radius 2 is 1.51 bits per heavy atom. The summed E-state index contributed by atoms with van der Waals surface area (Å²) in [7, 11) is 0. The number of anilines is 1. The second kappa shape index (κ2) is 9.91. The molecule has 3 heterocycles. The largest absolute Gasteiger partial charge is 0.397 e. The van der Waals surface area contributed by atoms with Crippen LogP contribution in [0, 0.1) is 0 Å². The number of nitrogens with one attached hydrogen (secondary N) is 1. The number of aromatic nitrogens is 2. The summed E-state index contributed by atoms with van der Waals surface area (Å²) < 4.78 is 2.82. The number of likely N-dealkylation sites (tertiary alicyclic amines) is 2. The summed E-state index contributed by atoms with van der Waals surface area (Å²) in [5.74, 6) is 0.0125. The number of aromatic amines is 1. The molecule has 0 aliphatic carbocycles. The van der Waals surface area contributed by atoms with Crippen molar-refractivity contribution in [3.8, 4) is 0 Å². The molecule has 0 spiro atoms. The van der Waals surface area contributed by atoms with E-state index in [0.717, 1.165) is 38.8 Å². The summed E-state index contributed by atoms with van der Waals surface area (Å²) in [6.07, 6.45) is 3.33. The Morgan fingerprint density at radius 3 is 2.17 bits per heavy atom. The molecule has 35 heavy (non-hydrogen) atoms. The van der Waals surface area contributed by atoms with Gasteiger partial charge in [0.2, 0.25) is 0 Å². The van der Waals surface area contributed by atoms with Crippen LogP contribution in [0.25, 0.3) is 10.9 Å². The maximum atomic E-state index is 13.0. The molecule has 0 saturated carbocycles. The summed E-state index contributed by atoms with van der Waals surface area (Å²) >= 11 is 6.84. The van der Waals surface area contributed by atoms with Crippen LogP contribution in [0.2, 0.25) is 0 Å². The van der Waals surface area contributed by atoms with E-state index in [2.05, 4.69) is 41.7 Å². The van der Waals surface area contributed by atoms with Crippen molar-refractivity contribution in [2.75, 3.05) is 31.9 Å². The van der Waals surface area contributed by atoms with Gasteiger partial charge in [-0.3, -0.25) is 14.2 Å². The molecule has 2 aromatic carbocycles. The third kappa shape index (κ3) is 4.71. The Balaban J connectivity index is 1.20. The molecule has 2 aliphatic rings. The van der Waals surface area contributed by atoms with Crippen LogP contribution in [0.1, 0.15) is 42.1 Å². The molecule has 2 aliphatic heterocycles. The normalized spacial score (nSPS) is 18.3. The molecular weight excluding hydrogens is 578 g/mol. The number of nitrogens with zero attached hydrogens (tertiary/aromatic N) is 3. The van der Waals surface area contributed by atoms with Crippen LogP contribution < -0.4 is 17.0 Å². The van der Waals surface area contributed by atoms with Crippen LogP contribution in [0.5, 0.6) is 0 Å². The first-order valence-electron chi connectivity index (χ1n) is 11.8. The van der Waals surface area contributed by atoms with Gasteiger partial charge in [-0.1, -0.05) is 12.1 Å². The van der Waals surface area contributed by atoms with Gasteiger partial charge in [-0.25, -0.2) is 4.79 Å². The van der Waals surface area contributed by atoms with Crippen LogP contribution >= 0.6 is 31.9 Å². The lowest BCUT2D eigenvalue weighted by Crippen LogP contribution is -2.50. The second-order valence-corrected chi connectivity index (χ2v) is 11.0. The summed E-state index contributed by atoms with van der Waals surface area (Å²) in [5, 5.41) is 0.548. The first-order valence-corrected chi connectivity index (χ1v) is 13.4. The Labute approximate surface area is 219 Å². The molecule has 2 fully saturated rings. The molecule has 2 saturated heterocycles. The van der Waals surface area contributed by atoms with Crippen molar-refractivity contribution in [3.63, 3.8) is 0 Å². The Hall–Kier alpha value is -2.43. The van der Waals surface area contributed by atoms with E-state index in [1.807, 2.05) is 17.0 Å². The minimum atomic E-state index is -0.333. The fraction of sp³-hybridized carbons (Fsp3) is 0.400. The number of amides is 1. The number of nitrogen functional groups attached to an aromatic ring is 1. The highest BCUT2D eigenvalue weighted by Gasteiger charge is 2.31. The maximum Gasteiger partial charge on any atom is 0.329 e. The molecule has 5 rings (SSSR count). The van der Waals surface area contributed by atoms with Gasteiger partial charge >= 0.3 is 5.69 Å². The molecule has 3 aromatic rings. The van der Waals surface area contributed by atoms with Crippen molar-refractivity contribution >= 4 is 54.4 Å². The van der Waals surface area contributed by atoms with Crippen LogP contribution in [0.3, 0.4) is 0 Å². The fourth-order valence-electron chi connectivity index (χ4n) is 5.34. The van der Waals surface area contributed by atoms with Crippen molar-refractivity contribution in [2.24, 2.45) is 0 Å². The quantitative estimate of drug-likeness (QED) is 0.443. The molecular formula is C25H27Br2N5O3. The van der Waals surface area contributed by atoms with Gasteiger partial charge in [0.05, 0.1) is 16.6 Å². The molecule has 0 unspecified atom stereocenters. The molecule has 1 amide bonds. The van der Waals surface area contributed by atoms with Crippen LogP contribution in [0.4, 0.5) is 5.69 Å². The zero-order valence-electron chi connectivity index (χ0n) is 19.2. The zero-order chi connectivity index (χ0) is 24.7. The van der Waals surface area contributed by atoms with Gasteiger partial charge in [0.25, 0.3) is 11.5 Å². The zero-order valence-corrected chi connectivity index (χ0v) is 22.3. The highest BCUT2D eigenvalue weighted by molar-refractivity contribution is 9.11. The first kappa shape index (κ1) is 24.3. The number of fused-ring (bicyclic) bond motifs is 1. The number of nitrogens with two attached hydrogens (primary N) is 1. The molecule has 0 bridgehead atoms. The number of carbonyl (C=O) groups is 1. The number of halogens is 2. The van der Waals surface area contributed by atoms with E-state index < -0.39 is 0 Å². The van der Waals surface area contributed by atoms with Gasteiger partial charge in [-0.15, -0.1) is 0 Å². The lowest BCUT2D eigenvalue weighted by molar-refractivity contribution is 0.0554. The molecule has 1 aromatic heterocycles. The van der Waals surface area contributed by atoms with Gasteiger partial charge in [0.15, 0.2) is 0 Å². The average molecular weight is 605 g/mol. The highest BCUT2D eigenvalue weighted by atomic mass is 79.9. The van der Waals surface area contributed by atoms with E-state index >= 15 is 0 Å². The van der Waals surface area contributed by atoms with Crippen molar-refractivity contribution in [2.45, 2.75) is 37.8 Å². The summed E-state index contributed by atoms with van der Waals surface area (Å²) in [6.45, 7) is 3.07. The molecule has 10 heteroatoms.